The van der Waals surface area contributed by atoms with E-state index in [-0.39, 0.29) is 17.5 Å². The summed E-state index contributed by atoms with van der Waals surface area (Å²) in [4.78, 5) is 14.5. The zero-order chi connectivity index (χ0) is 8.43. The second kappa shape index (κ2) is 2.61. The fraction of sp³-hybridized carbons (Fsp3) is 0.333. The molecule has 0 unspecified atom stereocenters. The van der Waals surface area contributed by atoms with Crippen LogP contribution in [0.5, 0.6) is 5.88 Å². The standard InChI is InChI=1S/C6H9N3O2/c1-7-5(10)4-6(11)8-3-9(4)2/h3,11H,1-2H3,(H,7,10). The predicted molar refractivity (Wildman–Crippen MR) is 38.3 cm³/mol. The van der Waals surface area contributed by atoms with Crippen molar-refractivity contribution in [1.82, 2.24) is 14.9 Å². The molecule has 1 amide bonds. The van der Waals surface area contributed by atoms with Gasteiger partial charge in [-0.15, -0.1) is 0 Å². The van der Waals surface area contributed by atoms with Gasteiger partial charge in [-0.25, -0.2) is 4.98 Å². The summed E-state index contributed by atoms with van der Waals surface area (Å²) in [7, 11) is 3.13. The molecule has 1 heterocycles. The Morgan fingerprint density at radius 1 is 1.82 bits per heavy atom. The van der Waals surface area contributed by atoms with Crippen molar-refractivity contribution in [3.63, 3.8) is 0 Å². The Bertz CT molecular complexity index is 260. The normalized spacial score (nSPS) is 9.64. The average Bonchev–Trinajstić information content (AvgIpc) is 2.30. The Morgan fingerprint density at radius 2 is 2.45 bits per heavy atom. The fourth-order valence-corrected chi connectivity index (χ4v) is 0.798. The summed E-state index contributed by atoms with van der Waals surface area (Å²) < 4.78 is 1.45. The third kappa shape index (κ3) is 1.17. The summed E-state index contributed by atoms with van der Waals surface area (Å²) in [5.74, 6) is -0.589. The van der Waals surface area contributed by atoms with Gasteiger partial charge in [-0.05, 0) is 0 Å². The van der Waals surface area contributed by atoms with Gasteiger partial charge < -0.3 is 15.0 Å². The second-order valence-electron chi connectivity index (χ2n) is 2.11. The Balaban J connectivity index is 3.10. The summed E-state index contributed by atoms with van der Waals surface area (Å²) in [6.07, 6.45) is 1.37. The summed E-state index contributed by atoms with van der Waals surface area (Å²) in [5, 5.41) is 11.4. The number of imidazole rings is 1. The molecule has 0 fully saturated rings. The molecule has 0 spiro atoms. The largest absolute Gasteiger partial charge is 0.492 e. The van der Waals surface area contributed by atoms with Crippen LogP contribution in [0.2, 0.25) is 0 Å². The minimum atomic E-state index is -0.345. The van der Waals surface area contributed by atoms with Gasteiger partial charge in [0.25, 0.3) is 5.91 Å². The number of aromatic hydroxyl groups is 1. The van der Waals surface area contributed by atoms with Crippen LogP contribution in [0.4, 0.5) is 0 Å². The molecule has 0 radical (unpaired) electrons. The quantitative estimate of drug-likeness (QED) is 0.573. The van der Waals surface area contributed by atoms with E-state index in [9.17, 15) is 4.79 Å². The third-order valence-electron chi connectivity index (χ3n) is 1.36. The van der Waals surface area contributed by atoms with Crippen molar-refractivity contribution >= 4 is 5.91 Å². The van der Waals surface area contributed by atoms with Gasteiger partial charge in [0.15, 0.2) is 5.69 Å². The lowest BCUT2D eigenvalue weighted by molar-refractivity contribution is 0.0952. The van der Waals surface area contributed by atoms with Crippen LogP contribution < -0.4 is 5.32 Å². The van der Waals surface area contributed by atoms with Crippen molar-refractivity contribution < 1.29 is 9.90 Å². The average molecular weight is 155 g/mol. The van der Waals surface area contributed by atoms with Crippen LogP contribution in [-0.2, 0) is 7.05 Å². The molecule has 5 nitrogen and oxygen atoms in total. The van der Waals surface area contributed by atoms with Crippen molar-refractivity contribution in [2.24, 2.45) is 7.05 Å². The second-order valence-corrected chi connectivity index (χ2v) is 2.11. The number of carbonyl (C=O) groups is 1. The van der Waals surface area contributed by atoms with E-state index in [1.165, 1.54) is 17.9 Å². The van der Waals surface area contributed by atoms with Crippen LogP contribution in [0.15, 0.2) is 6.33 Å². The highest BCUT2D eigenvalue weighted by molar-refractivity contribution is 5.94. The lowest BCUT2D eigenvalue weighted by Crippen LogP contribution is -2.20. The molecular formula is C6H9N3O2. The van der Waals surface area contributed by atoms with Gasteiger partial charge in [0, 0.05) is 14.1 Å². The maximum Gasteiger partial charge on any atom is 0.273 e. The highest BCUT2D eigenvalue weighted by Gasteiger charge is 2.13. The maximum atomic E-state index is 11.0. The van der Waals surface area contributed by atoms with E-state index in [1.54, 1.807) is 7.05 Å². The Morgan fingerprint density at radius 3 is 2.82 bits per heavy atom. The zero-order valence-electron chi connectivity index (χ0n) is 6.33. The van der Waals surface area contributed by atoms with Crippen molar-refractivity contribution in [3.05, 3.63) is 12.0 Å². The molecule has 0 atom stereocenters. The van der Waals surface area contributed by atoms with Gasteiger partial charge in [0.2, 0.25) is 5.88 Å². The first-order chi connectivity index (χ1) is 5.16. The van der Waals surface area contributed by atoms with Crippen LogP contribution in [0, 0.1) is 0 Å². The van der Waals surface area contributed by atoms with E-state index in [0.717, 1.165) is 0 Å². The minimum Gasteiger partial charge on any atom is -0.492 e. The molecular weight excluding hydrogens is 146 g/mol. The molecule has 1 aromatic rings. The molecule has 0 saturated heterocycles. The van der Waals surface area contributed by atoms with Crippen molar-refractivity contribution in [2.75, 3.05) is 7.05 Å². The molecule has 0 aliphatic heterocycles. The van der Waals surface area contributed by atoms with E-state index in [0.29, 0.717) is 0 Å². The van der Waals surface area contributed by atoms with Gasteiger partial charge >= 0.3 is 0 Å². The minimum absolute atomic E-state index is 0.174. The van der Waals surface area contributed by atoms with E-state index < -0.39 is 0 Å². The number of aromatic nitrogens is 2. The first kappa shape index (κ1) is 7.59. The monoisotopic (exact) mass is 155 g/mol. The van der Waals surface area contributed by atoms with Gasteiger partial charge in [-0.2, -0.15) is 0 Å². The molecule has 60 valence electrons. The van der Waals surface area contributed by atoms with Crippen LogP contribution in [-0.4, -0.2) is 27.6 Å². The Hall–Kier alpha value is -1.52. The van der Waals surface area contributed by atoms with Gasteiger partial charge in [0.1, 0.15) is 0 Å². The number of carbonyl (C=O) groups excluding carboxylic acids is 1. The molecule has 1 aromatic heterocycles. The molecule has 1 rings (SSSR count). The van der Waals surface area contributed by atoms with Gasteiger partial charge in [-0.3, -0.25) is 4.79 Å². The molecule has 0 aliphatic carbocycles. The molecule has 5 heteroatoms. The van der Waals surface area contributed by atoms with Crippen LogP contribution in [0.3, 0.4) is 0 Å². The third-order valence-corrected chi connectivity index (χ3v) is 1.36. The predicted octanol–water partition coefficient (Wildman–Crippen LogP) is -0.515. The summed E-state index contributed by atoms with van der Waals surface area (Å²) in [5.41, 5.74) is 0.174. The highest BCUT2D eigenvalue weighted by atomic mass is 16.3. The van der Waals surface area contributed by atoms with E-state index in [2.05, 4.69) is 10.3 Å². The SMILES string of the molecule is CNC(=O)c1c(O)ncn1C. The summed E-state index contributed by atoms with van der Waals surface area (Å²) >= 11 is 0. The Labute approximate surface area is 63.7 Å². The number of hydrogen-bond donors (Lipinski definition) is 2. The first-order valence-corrected chi connectivity index (χ1v) is 3.09. The number of rotatable bonds is 1. The van der Waals surface area contributed by atoms with E-state index >= 15 is 0 Å². The summed E-state index contributed by atoms with van der Waals surface area (Å²) in [6, 6.07) is 0. The number of nitrogens with one attached hydrogen (secondary N) is 1. The fourth-order valence-electron chi connectivity index (χ4n) is 0.798. The summed E-state index contributed by atoms with van der Waals surface area (Å²) in [6.45, 7) is 0. The van der Waals surface area contributed by atoms with Crippen LogP contribution in [0.1, 0.15) is 10.5 Å². The lowest BCUT2D eigenvalue weighted by Gasteiger charge is -1.99. The molecule has 2 N–H and O–H groups in total. The highest BCUT2D eigenvalue weighted by Crippen LogP contribution is 2.11. The Kier molecular flexibility index (Phi) is 1.80. The first-order valence-electron chi connectivity index (χ1n) is 3.09. The lowest BCUT2D eigenvalue weighted by atomic mass is 10.4. The zero-order valence-corrected chi connectivity index (χ0v) is 6.33. The van der Waals surface area contributed by atoms with Gasteiger partial charge in [0.05, 0.1) is 6.33 Å². The van der Waals surface area contributed by atoms with Crippen molar-refractivity contribution in [2.45, 2.75) is 0 Å². The van der Waals surface area contributed by atoms with E-state index in [4.69, 9.17) is 5.11 Å². The topological polar surface area (TPSA) is 67.2 Å². The molecule has 0 saturated carbocycles. The molecule has 11 heavy (non-hydrogen) atoms. The van der Waals surface area contributed by atoms with Crippen LogP contribution in [0.25, 0.3) is 0 Å². The van der Waals surface area contributed by atoms with E-state index in [1.807, 2.05) is 0 Å². The van der Waals surface area contributed by atoms with Crippen molar-refractivity contribution in [3.8, 4) is 5.88 Å². The molecule has 0 aromatic carbocycles. The smallest absolute Gasteiger partial charge is 0.273 e. The molecule has 0 bridgehead atoms. The maximum absolute atomic E-state index is 11.0. The van der Waals surface area contributed by atoms with Crippen LogP contribution >= 0.6 is 0 Å². The molecule has 0 aliphatic rings. The number of amides is 1. The number of aryl methyl sites for hydroxylation is 1. The number of nitrogens with zero attached hydrogens (tertiary/aromatic N) is 2. The van der Waals surface area contributed by atoms with Crippen molar-refractivity contribution in [1.29, 1.82) is 0 Å². The number of hydrogen-bond acceptors (Lipinski definition) is 3. The van der Waals surface area contributed by atoms with Gasteiger partial charge in [-0.1, -0.05) is 0 Å².